The van der Waals surface area contributed by atoms with Crippen LogP contribution in [0.15, 0.2) is 30.3 Å². The number of aryl methyl sites for hydroxylation is 1. The van der Waals surface area contributed by atoms with Crippen molar-refractivity contribution in [1.29, 1.82) is 0 Å². The highest BCUT2D eigenvalue weighted by atomic mass is 16.1. The van der Waals surface area contributed by atoms with Crippen LogP contribution in [-0.4, -0.2) is 10.8 Å². The number of ketones is 1. The van der Waals surface area contributed by atoms with Crippen LogP contribution in [-0.2, 0) is 0 Å². The van der Waals surface area contributed by atoms with Crippen molar-refractivity contribution in [3.8, 4) is 0 Å². The van der Waals surface area contributed by atoms with E-state index in [1.807, 2.05) is 37.3 Å². The zero-order valence-electron chi connectivity index (χ0n) is 10.8. The minimum absolute atomic E-state index is 0.167. The van der Waals surface area contributed by atoms with Crippen molar-refractivity contribution in [3.63, 3.8) is 0 Å². The molecule has 3 rings (SSSR count). The standard InChI is InChI=1S/C16H17NO/c1-10-3-4-13-9-14(7-8-15(13)17-10)16(18)11(2)12-5-6-12/h3-4,7-9,11-12H,5-6H2,1-2H3. The highest BCUT2D eigenvalue weighted by Gasteiger charge is 2.32. The van der Waals surface area contributed by atoms with E-state index in [-0.39, 0.29) is 11.7 Å². The van der Waals surface area contributed by atoms with Crippen molar-refractivity contribution in [2.45, 2.75) is 26.7 Å². The van der Waals surface area contributed by atoms with Gasteiger partial charge in [0.1, 0.15) is 0 Å². The molecule has 1 fully saturated rings. The first-order valence-electron chi connectivity index (χ1n) is 6.57. The molecule has 2 heteroatoms. The molecule has 1 atom stereocenters. The van der Waals surface area contributed by atoms with E-state index in [9.17, 15) is 4.79 Å². The van der Waals surface area contributed by atoms with E-state index in [1.54, 1.807) is 0 Å². The van der Waals surface area contributed by atoms with Gasteiger partial charge in [-0.2, -0.15) is 0 Å². The molecular formula is C16H17NO. The third-order valence-corrected chi connectivity index (χ3v) is 3.86. The number of Topliss-reactive ketones (excluding diaryl/α,β-unsaturated/α-hetero) is 1. The Labute approximate surface area is 107 Å². The smallest absolute Gasteiger partial charge is 0.165 e. The second-order valence-corrected chi connectivity index (χ2v) is 5.35. The van der Waals surface area contributed by atoms with Crippen LogP contribution in [0.25, 0.3) is 10.9 Å². The molecule has 18 heavy (non-hydrogen) atoms. The first-order valence-corrected chi connectivity index (χ1v) is 6.57. The average molecular weight is 239 g/mol. The number of carbonyl (C=O) groups is 1. The Hall–Kier alpha value is -1.70. The molecule has 0 amide bonds. The van der Waals surface area contributed by atoms with E-state index in [4.69, 9.17) is 0 Å². The molecule has 0 saturated heterocycles. The second kappa shape index (κ2) is 4.20. The van der Waals surface area contributed by atoms with Gasteiger partial charge in [-0.1, -0.05) is 13.0 Å². The molecule has 0 spiro atoms. The van der Waals surface area contributed by atoms with Gasteiger partial charge in [0.15, 0.2) is 5.78 Å². The number of hydrogen-bond donors (Lipinski definition) is 0. The summed E-state index contributed by atoms with van der Waals surface area (Å²) in [5.74, 6) is 1.06. The first-order chi connectivity index (χ1) is 8.65. The summed E-state index contributed by atoms with van der Waals surface area (Å²) in [5.41, 5.74) is 2.80. The van der Waals surface area contributed by atoms with E-state index in [1.165, 1.54) is 12.8 Å². The summed E-state index contributed by atoms with van der Waals surface area (Å²) in [6.07, 6.45) is 2.42. The maximum absolute atomic E-state index is 12.3. The lowest BCUT2D eigenvalue weighted by molar-refractivity contribution is 0.0916. The highest BCUT2D eigenvalue weighted by Crippen LogP contribution is 2.38. The maximum Gasteiger partial charge on any atom is 0.165 e. The Morgan fingerprint density at radius 3 is 2.78 bits per heavy atom. The number of rotatable bonds is 3. The fourth-order valence-corrected chi connectivity index (χ4v) is 2.45. The van der Waals surface area contributed by atoms with Crippen LogP contribution in [0.3, 0.4) is 0 Å². The first kappa shape index (κ1) is 11.4. The van der Waals surface area contributed by atoms with Crippen LogP contribution in [0.4, 0.5) is 0 Å². The Bertz CT molecular complexity index is 614. The number of nitrogens with zero attached hydrogens (tertiary/aromatic N) is 1. The molecule has 0 bridgehead atoms. The molecule has 2 aromatic rings. The van der Waals surface area contributed by atoms with Crippen LogP contribution < -0.4 is 0 Å². The highest BCUT2D eigenvalue weighted by molar-refractivity contribution is 6.00. The normalized spacial score (nSPS) is 16.8. The Morgan fingerprint density at radius 1 is 1.28 bits per heavy atom. The topological polar surface area (TPSA) is 30.0 Å². The monoisotopic (exact) mass is 239 g/mol. The Kier molecular flexibility index (Phi) is 2.66. The summed E-state index contributed by atoms with van der Waals surface area (Å²) < 4.78 is 0. The average Bonchev–Trinajstić information content (AvgIpc) is 3.20. The Balaban J connectivity index is 1.97. The van der Waals surface area contributed by atoms with Gasteiger partial charge >= 0.3 is 0 Å². The number of fused-ring (bicyclic) bond motifs is 1. The molecule has 1 saturated carbocycles. The largest absolute Gasteiger partial charge is 0.294 e. The quantitative estimate of drug-likeness (QED) is 0.763. The third kappa shape index (κ3) is 2.03. The van der Waals surface area contributed by atoms with Crippen molar-refractivity contribution < 1.29 is 4.79 Å². The number of aromatic nitrogens is 1. The molecule has 0 N–H and O–H groups in total. The molecule has 2 nitrogen and oxygen atoms in total. The molecule has 1 aromatic carbocycles. The number of hydrogen-bond acceptors (Lipinski definition) is 2. The molecule has 1 aromatic heterocycles. The van der Waals surface area contributed by atoms with Crippen LogP contribution in [0.2, 0.25) is 0 Å². The fourth-order valence-electron chi connectivity index (χ4n) is 2.45. The summed E-state index contributed by atoms with van der Waals surface area (Å²) >= 11 is 0. The van der Waals surface area contributed by atoms with Gasteiger partial charge in [-0.05, 0) is 49.9 Å². The van der Waals surface area contributed by atoms with Crippen molar-refractivity contribution in [3.05, 3.63) is 41.6 Å². The predicted octanol–water partition coefficient (Wildman–Crippen LogP) is 3.77. The molecular weight excluding hydrogens is 222 g/mol. The summed E-state index contributed by atoms with van der Waals surface area (Å²) in [4.78, 5) is 16.8. The van der Waals surface area contributed by atoms with Gasteiger partial charge in [-0.15, -0.1) is 0 Å². The van der Waals surface area contributed by atoms with Crippen molar-refractivity contribution in [2.75, 3.05) is 0 Å². The van der Waals surface area contributed by atoms with Crippen molar-refractivity contribution >= 4 is 16.7 Å². The summed E-state index contributed by atoms with van der Waals surface area (Å²) in [6, 6.07) is 9.87. The molecule has 92 valence electrons. The lowest BCUT2D eigenvalue weighted by atomic mass is 9.94. The molecule has 1 aliphatic rings. The number of benzene rings is 1. The van der Waals surface area contributed by atoms with E-state index in [0.29, 0.717) is 5.92 Å². The van der Waals surface area contributed by atoms with Gasteiger partial charge < -0.3 is 0 Å². The number of carbonyl (C=O) groups excluding carboxylic acids is 1. The van der Waals surface area contributed by atoms with Crippen LogP contribution in [0, 0.1) is 18.8 Å². The lowest BCUT2D eigenvalue weighted by Gasteiger charge is -2.09. The van der Waals surface area contributed by atoms with Gasteiger partial charge in [0, 0.05) is 22.6 Å². The van der Waals surface area contributed by atoms with Crippen molar-refractivity contribution in [1.82, 2.24) is 4.98 Å². The lowest BCUT2D eigenvalue weighted by Crippen LogP contribution is -2.13. The van der Waals surface area contributed by atoms with Gasteiger partial charge in [0.05, 0.1) is 5.52 Å². The minimum Gasteiger partial charge on any atom is -0.294 e. The third-order valence-electron chi connectivity index (χ3n) is 3.86. The molecule has 1 aliphatic carbocycles. The van der Waals surface area contributed by atoms with Crippen LogP contribution in [0.5, 0.6) is 0 Å². The van der Waals surface area contributed by atoms with Gasteiger partial charge in [-0.3, -0.25) is 9.78 Å². The van der Waals surface area contributed by atoms with Crippen LogP contribution in [0.1, 0.15) is 35.8 Å². The minimum atomic E-state index is 0.167. The van der Waals surface area contributed by atoms with Gasteiger partial charge in [0.25, 0.3) is 0 Å². The fraction of sp³-hybridized carbons (Fsp3) is 0.375. The zero-order chi connectivity index (χ0) is 12.7. The van der Waals surface area contributed by atoms with E-state index >= 15 is 0 Å². The maximum atomic E-state index is 12.3. The zero-order valence-corrected chi connectivity index (χ0v) is 10.8. The molecule has 1 heterocycles. The molecule has 0 radical (unpaired) electrons. The van der Waals surface area contributed by atoms with E-state index in [0.717, 1.165) is 22.2 Å². The van der Waals surface area contributed by atoms with E-state index < -0.39 is 0 Å². The second-order valence-electron chi connectivity index (χ2n) is 5.35. The Morgan fingerprint density at radius 2 is 2.06 bits per heavy atom. The van der Waals surface area contributed by atoms with E-state index in [2.05, 4.69) is 11.9 Å². The number of pyridine rings is 1. The van der Waals surface area contributed by atoms with Crippen molar-refractivity contribution in [2.24, 2.45) is 11.8 Å². The predicted molar refractivity (Wildman–Crippen MR) is 72.7 cm³/mol. The van der Waals surface area contributed by atoms with Crippen LogP contribution >= 0.6 is 0 Å². The summed E-state index contributed by atoms with van der Waals surface area (Å²) in [6.45, 7) is 4.03. The molecule has 1 unspecified atom stereocenters. The molecule has 0 aliphatic heterocycles. The van der Waals surface area contributed by atoms with Gasteiger partial charge in [-0.25, -0.2) is 0 Å². The summed E-state index contributed by atoms with van der Waals surface area (Å²) in [7, 11) is 0. The SMILES string of the molecule is Cc1ccc2cc(C(=O)C(C)C3CC3)ccc2n1. The summed E-state index contributed by atoms with van der Waals surface area (Å²) in [5, 5.41) is 1.05. The van der Waals surface area contributed by atoms with Gasteiger partial charge in [0.2, 0.25) is 0 Å².